The fourth-order valence-corrected chi connectivity index (χ4v) is 28.0. The van der Waals surface area contributed by atoms with Gasteiger partial charge in [-0.1, -0.05) is 6.07 Å². The first kappa shape index (κ1) is 27.4. The number of aromatic hydroxyl groups is 1. The van der Waals surface area contributed by atoms with Gasteiger partial charge in [0, 0.05) is 29.0 Å². The van der Waals surface area contributed by atoms with Gasteiger partial charge in [0.25, 0.3) is 0 Å². The van der Waals surface area contributed by atoms with Gasteiger partial charge in [0.15, 0.2) is 5.60 Å². The summed E-state index contributed by atoms with van der Waals surface area (Å²) < 4.78 is 8.83. The highest BCUT2D eigenvalue weighted by atomic mass is 16.5. The Balaban J connectivity index is 1.16. The molecule has 0 aromatic heterocycles. The van der Waals surface area contributed by atoms with E-state index in [0.717, 1.165) is 17.9 Å². The highest BCUT2D eigenvalue weighted by Gasteiger charge is 2.91. The molecule has 3 spiro atoms. The third-order valence-electron chi connectivity index (χ3n) is 27.9. The lowest BCUT2D eigenvalue weighted by atomic mass is 9.37. The molecule has 310 valence electrons. The predicted octanol–water partition coefficient (Wildman–Crippen LogP) is 16.9. The minimum absolute atomic E-state index is 0.160. The standard InChI is InChI=1S/C70H13NO2/c1-67-61-7(72)4-3-5-8(61)73-69-64-55-45-35-25-16-11-9-10-12-14-13(11)22-28-23(14)31-30-21(12)24-18(10)20-19-15(9)17(16)27-32-26(19)34-33(20)38-37(24)44-41(30)50-43(31)48-40(28)47(39(45)29(22)25)57(64)58(48)66-60(50)63-53(44)52(38)54-49(34)51-42(32)46(36(27)35)56(55)65(69)59(51)62(54)68(63,6-71(67)2)70(66,67)69/h3-5,62,72H,6H2,1-2H3. The van der Waals surface area contributed by atoms with E-state index in [0.29, 0.717) is 5.75 Å². The second-order valence-electron chi connectivity index (χ2n) is 27.6. The van der Waals surface area contributed by atoms with E-state index >= 15 is 0 Å². The molecule has 0 bridgehead atoms. The smallest absolute Gasteiger partial charge is 0.174 e. The molecule has 0 amide bonds. The minimum atomic E-state index is -0.837. The Hall–Kier alpha value is -8.50. The topological polar surface area (TPSA) is 32.7 Å². The monoisotopic (exact) mass is 899 g/mol. The van der Waals surface area contributed by atoms with Gasteiger partial charge in [-0.05, 0) is 318 Å². The van der Waals surface area contributed by atoms with Crippen LogP contribution >= 0.6 is 0 Å². The molecule has 1 fully saturated rings. The van der Waals surface area contributed by atoms with E-state index in [1.54, 1.807) is 297 Å². The number of rotatable bonds is 0. The van der Waals surface area contributed by atoms with Crippen LogP contribution in [0.15, 0.2) is 18.2 Å². The number of likely N-dealkylation sites (tertiary alicyclic amines) is 1. The highest BCUT2D eigenvalue weighted by Crippen LogP contribution is 2.93. The van der Waals surface area contributed by atoms with Crippen LogP contribution in [0.4, 0.5) is 0 Å². The van der Waals surface area contributed by atoms with E-state index in [4.69, 9.17) is 4.74 Å². The highest BCUT2D eigenvalue weighted by molar-refractivity contribution is 6.80. The SMILES string of the molecule is CN1CC23c4c5c6c7c8c9c%10c%11c(c%12c%13c%14c(c%15c4c4c%16c5c5c7c7c8c8c%10c%10c%17c%11c%13c%11c%13c%14c%14c%15c4c4c%15c%16c5c5c7c7c8c%10c8c(c%11%17)c%10c%13c%14c4c4c%15c5c7c8c%104)C%122)C92Oc4cccc(O)c4C1(C)C623. The van der Waals surface area contributed by atoms with E-state index in [9.17, 15) is 5.11 Å². The predicted molar refractivity (Wildman–Crippen MR) is 298 cm³/mol. The second-order valence-corrected chi connectivity index (χ2v) is 27.6. The Morgan fingerprint density at radius 3 is 1.14 bits per heavy atom. The summed E-state index contributed by atoms with van der Waals surface area (Å²) in [5.41, 5.74) is 8.33. The Morgan fingerprint density at radius 1 is 0.370 bits per heavy atom. The molecule has 3 nitrogen and oxygen atoms in total. The van der Waals surface area contributed by atoms with Gasteiger partial charge >= 0.3 is 0 Å². The van der Waals surface area contributed by atoms with Crippen molar-refractivity contribution in [3.63, 3.8) is 0 Å². The Morgan fingerprint density at radius 2 is 0.699 bits per heavy atom. The molecule has 73 heavy (non-hydrogen) atoms. The Bertz CT molecular complexity index is 7680. The summed E-state index contributed by atoms with van der Waals surface area (Å²) in [5, 5.41) is 93.8. The molecule has 35 rings (SSSR count). The summed E-state index contributed by atoms with van der Waals surface area (Å²) in [4.78, 5) is 2.83. The number of likely N-dealkylation sites (N-methyl/N-ethyl adjacent to an activating group) is 1. The van der Waals surface area contributed by atoms with Gasteiger partial charge in [0.2, 0.25) is 0 Å². The second kappa shape index (κ2) is 5.99. The van der Waals surface area contributed by atoms with Crippen LogP contribution in [0.5, 0.6) is 11.5 Å². The van der Waals surface area contributed by atoms with Crippen molar-refractivity contribution in [2.24, 2.45) is 0 Å². The summed E-state index contributed by atoms with van der Waals surface area (Å²) in [7, 11) is 2.48. The number of phenolic OH excluding ortho intramolecular Hbond substituents is 1. The molecule has 27 aromatic rings. The van der Waals surface area contributed by atoms with Crippen LogP contribution in [0.3, 0.4) is 0 Å². The molecule has 2 aliphatic heterocycles. The summed E-state index contributed by atoms with van der Waals surface area (Å²) in [6.45, 7) is 3.56. The zero-order valence-electron chi connectivity index (χ0n) is 37.8. The molecule has 3 heteroatoms. The normalized spacial score (nSPS) is 28.3. The molecule has 8 aliphatic rings. The maximum absolute atomic E-state index is 13.0. The number of nitrogens with zero attached hydrogens (tertiary/aromatic N) is 1. The van der Waals surface area contributed by atoms with Gasteiger partial charge < -0.3 is 9.84 Å². The average Bonchev–Trinajstić information content (AvgIpc) is 2.24. The first-order valence-electron chi connectivity index (χ1n) is 27.3. The van der Waals surface area contributed by atoms with Crippen molar-refractivity contribution in [3.05, 3.63) is 57.1 Å². The summed E-state index contributed by atoms with van der Waals surface area (Å²) in [6.07, 6.45) is 0. The lowest BCUT2D eigenvalue weighted by Gasteiger charge is -2.67. The van der Waals surface area contributed by atoms with Crippen molar-refractivity contribution in [1.82, 2.24) is 4.90 Å². The van der Waals surface area contributed by atoms with Crippen molar-refractivity contribution in [3.8, 4) is 11.5 Å². The fraction of sp³-hybridized carbons (Fsp3) is 0.114. The number of hydrogen-bond donors (Lipinski definition) is 1. The third-order valence-corrected chi connectivity index (χ3v) is 27.9. The zero-order valence-corrected chi connectivity index (χ0v) is 37.8. The van der Waals surface area contributed by atoms with Crippen molar-refractivity contribution < 1.29 is 9.84 Å². The van der Waals surface area contributed by atoms with E-state index < -0.39 is 16.6 Å². The van der Waals surface area contributed by atoms with E-state index in [2.05, 4.69) is 31.0 Å². The van der Waals surface area contributed by atoms with Crippen molar-refractivity contribution in [1.29, 1.82) is 0 Å². The van der Waals surface area contributed by atoms with Gasteiger partial charge in [-0.2, -0.15) is 0 Å². The first-order valence-corrected chi connectivity index (χ1v) is 27.3. The molecule has 5 unspecified atom stereocenters. The molecule has 1 N–H and O–H groups in total. The van der Waals surface area contributed by atoms with Crippen LogP contribution in [-0.4, -0.2) is 23.6 Å². The molecule has 0 saturated carbocycles. The van der Waals surface area contributed by atoms with Gasteiger partial charge in [0.1, 0.15) is 11.5 Å². The summed E-state index contributed by atoms with van der Waals surface area (Å²) in [5.74, 6) is 1.45. The minimum Gasteiger partial charge on any atom is -0.507 e. The number of ether oxygens (including phenoxy) is 1. The van der Waals surface area contributed by atoms with E-state index in [1.807, 2.05) is 6.07 Å². The molecular weight excluding hydrogens is 887 g/mol. The average molecular weight is 900 g/mol. The summed E-state index contributed by atoms with van der Waals surface area (Å²) in [6, 6.07) is 6.35. The maximum atomic E-state index is 13.0. The third kappa shape index (κ3) is 1.38. The van der Waals surface area contributed by atoms with E-state index in [1.165, 1.54) is 5.56 Å². The molecule has 6 aliphatic carbocycles. The van der Waals surface area contributed by atoms with Crippen LogP contribution in [0.25, 0.3) is 269 Å². The fourth-order valence-electron chi connectivity index (χ4n) is 28.0. The van der Waals surface area contributed by atoms with Crippen molar-refractivity contribution >= 4 is 269 Å². The van der Waals surface area contributed by atoms with Gasteiger partial charge in [0.05, 0.1) is 16.5 Å². The number of benzene rings is 18. The Kier molecular flexibility index (Phi) is 2.24. The van der Waals surface area contributed by atoms with Gasteiger partial charge in [-0.3, -0.25) is 4.90 Å². The zero-order chi connectivity index (χ0) is 43.8. The maximum Gasteiger partial charge on any atom is 0.174 e. The van der Waals surface area contributed by atoms with Crippen molar-refractivity contribution in [2.75, 3.05) is 13.6 Å². The lowest BCUT2D eigenvalue weighted by molar-refractivity contribution is -0.0925. The quantitative estimate of drug-likeness (QED) is 0.154. The van der Waals surface area contributed by atoms with Crippen LogP contribution in [0.2, 0.25) is 0 Å². The molecule has 1 saturated heterocycles. The van der Waals surface area contributed by atoms with Gasteiger partial charge in [-0.25, -0.2) is 0 Å². The van der Waals surface area contributed by atoms with Gasteiger partial charge in [-0.15, -0.1) is 0 Å². The van der Waals surface area contributed by atoms with Crippen molar-refractivity contribution in [2.45, 2.75) is 34.8 Å². The van der Waals surface area contributed by atoms with Crippen LogP contribution in [0.1, 0.15) is 51.8 Å². The summed E-state index contributed by atoms with van der Waals surface area (Å²) >= 11 is 0. The number of phenols is 1. The first-order chi connectivity index (χ1) is 36.1. The largest absolute Gasteiger partial charge is 0.507 e. The number of fused-ring (bicyclic) bond motifs is 2. The molecule has 2 heterocycles. The van der Waals surface area contributed by atoms with Crippen LogP contribution in [-0.2, 0) is 22.0 Å². The van der Waals surface area contributed by atoms with Crippen LogP contribution < -0.4 is 4.74 Å². The van der Waals surface area contributed by atoms with Crippen LogP contribution in [0, 0.1) is 0 Å². The van der Waals surface area contributed by atoms with E-state index in [-0.39, 0.29) is 11.3 Å². The molecule has 27 aromatic carbocycles. The number of hydrogen-bond acceptors (Lipinski definition) is 3. The molecule has 5 atom stereocenters. The molecule has 0 radical (unpaired) electrons. The Labute approximate surface area is 399 Å². The molecular formula is C70H13NO2. The lowest BCUT2D eigenvalue weighted by Crippen LogP contribution is -2.74.